The number of hydrogen-bond donors (Lipinski definition) is 3. The molecule has 0 aromatic carbocycles. The van der Waals surface area contributed by atoms with Crippen molar-refractivity contribution in [1.82, 2.24) is 0 Å². The van der Waals surface area contributed by atoms with Gasteiger partial charge in [0.1, 0.15) is 0 Å². The third kappa shape index (κ3) is 2.35. The van der Waals surface area contributed by atoms with E-state index in [2.05, 4.69) is 40.3 Å². The summed E-state index contributed by atoms with van der Waals surface area (Å²) in [5.74, 6) is 0.0393. The molecule has 0 radical (unpaired) electrons. The van der Waals surface area contributed by atoms with E-state index >= 15 is 0 Å². The van der Waals surface area contributed by atoms with Crippen molar-refractivity contribution in [1.29, 1.82) is 0 Å². The van der Waals surface area contributed by atoms with Crippen LogP contribution in [0.5, 0.6) is 0 Å². The Morgan fingerprint density at radius 1 is 1.17 bits per heavy atom. The lowest BCUT2D eigenvalue weighted by Crippen LogP contribution is -2.62. The van der Waals surface area contributed by atoms with Gasteiger partial charge in [0.2, 0.25) is 0 Å². The molecule has 3 rings (SSSR count). The molecule has 7 atom stereocenters. The molecule has 2 fully saturated rings. The molecule has 3 aliphatic rings. The summed E-state index contributed by atoms with van der Waals surface area (Å²) < 4.78 is 0. The average molecular weight is 320 g/mol. The molecule has 23 heavy (non-hydrogen) atoms. The van der Waals surface area contributed by atoms with Gasteiger partial charge in [0, 0.05) is 16.7 Å². The SMILES string of the molecule is C=CC1(C)C=C2C(O)CC3C(C)(C)CCC(O)C3(C)C2C(O)C1. The predicted molar refractivity (Wildman–Crippen MR) is 91.7 cm³/mol. The first-order chi connectivity index (χ1) is 10.5. The average Bonchev–Trinajstić information content (AvgIpc) is 2.46. The van der Waals surface area contributed by atoms with Gasteiger partial charge in [-0.15, -0.1) is 6.58 Å². The fraction of sp³-hybridized carbons (Fsp3) is 0.800. The first-order valence-electron chi connectivity index (χ1n) is 8.95. The Labute approximate surface area is 140 Å². The van der Waals surface area contributed by atoms with Crippen molar-refractivity contribution in [3.8, 4) is 0 Å². The first-order valence-corrected chi connectivity index (χ1v) is 8.95. The van der Waals surface area contributed by atoms with Crippen LogP contribution < -0.4 is 0 Å². The third-order valence-corrected chi connectivity index (χ3v) is 7.34. The Morgan fingerprint density at radius 3 is 2.43 bits per heavy atom. The molecule has 3 N–H and O–H groups in total. The molecule has 0 aromatic rings. The van der Waals surface area contributed by atoms with E-state index in [-0.39, 0.29) is 28.1 Å². The van der Waals surface area contributed by atoms with Crippen LogP contribution in [0.15, 0.2) is 24.3 Å². The van der Waals surface area contributed by atoms with Crippen molar-refractivity contribution in [2.45, 2.75) is 71.7 Å². The van der Waals surface area contributed by atoms with Crippen molar-refractivity contribution in [2.75, 3.05) is 0 Å². The Hall–Kier alpha value is -0.640. The smallest absolute Gasteiger partial charge is 0.0757 e. The summed E-state index contributed by atoms with van der Waals surface area (Å²) in [4.78, 5) is 0. The molecule has 3 nitrogen and oxygen atoms in total. The van der Waals surface area contributed by atoms with Crippen molar-refractivity contribution in [3.63, 3.8) is 0 Å². The van der Waals surface area contributed by atoms with Gasteiger partial charge in [0.15, 0.2) is 0 Å². The standard InChI is InChI=1S/C20H32O3/c1-6-19(4)10-12-13(21)9-15-18(2,3)8-7-16(23)20(15,5)17(12)14(22)11-19/h6,10,13-17,21-23H,1,7-9,11H2,2-5H3. The van der Waals surface area contributed by atoms with Gasteiger partial charge in [-0.05, 0) is 42.6 Å². The fourth-order valence-corrected chi connectivity index (χ4v) is 5.96. The molecule has 0 spiro atoms. The summed E-state index contributed by atoms with van der Waals surface area (Å²) in [7, 11) is 0. The highest BCUT2D eigenvalue weighted by molar-refractivity contribution is 5.32. The zero-order chi connectivity index (χ0) is 17.2. The number of rotatable bonds is 1. The van der Waals surface area contributed by atoms with Crippen LogP contribution >= 0.6 is 0 Å². The van der Waals surface area contributed by atoms with Crippen molar-refractivity contribution in [3.05, 3.63) is 24.3 Å². The minimum atomic E-state index is -0.552. The van der Waals surface area contributed by atoms with Crippen molar-refractivity contribution < 1.29 is 15.3 Å². The van der Waals surface area contributed by atoms with Gasteiger partial charge in [-0.25, -0.2) is 0 Å². The van der Waals surface area contributed by atoms with Crippen LogP contribution in [0.1, 0.15) is 53.4 Å². The molecule has 3 heteroatoms. The lowest BCUT2D eigenvalue weighted by Gasteiger charge is -2.63. The number of hydrogen-bond acceptors (Lipinski definition) is 3. The van der Waals surface area contributed by atoms with Gasteiger partial charge in [-0.2, -0.15) is 0 Å². The molecule has 0 heterocycles. The molecular formula is C20H32O3. The maximum Gasteiger partial charge on any atom is 0.0757 e. The number of allylic oxidation sites excluding steroid dienone is 2. The Bertz CT molecular complexity index is 537. The maximum atomic E-state index is 11.0. The minimum Gasteiger partial charge on any atom is -0.393 e. The van der Waals surface area contributed by atoms with Gasteiger partial charge in [0.05, 0.1) is 18.3 Å². The van der Waals surface area contributed by atoms with E-state index in [1.807, 2.05) is 6.08 Å². The molecule has 0 saturated heterocycles. The monoisotopic (exact) mass is 320 g/mol. The van der Waals surface area contributed by atoms with Crippen LogP contribution in [0, 0.1) is 28.1 Å². The van der Waals surface area contributed by atoms with E-state index < -0.39 is 18.3 Å². The highest BCUT2D eigenvalue weighted by Crippen LogP contribution is 2.63. The second-order valence-corrected chi connectivity index (χ2v) is 9.32. The molecule has 0 bridgehead atoms. The number of fused-ring (bicyclic) bond motifs is 3. The summed E-state index contributed by atoms with van der Waals surface area (Å²) in [5, 5.41) is 32.7. The molecular weight excluding hydrogens is 288 g/mol. The van der Waals surface area contributed by atoms with Gasteiger partial charge >= 0.3 is 0 Å². The zero-order valence-electron chi connectivity index (χ0n) is 14.9. The maximum absolute atomic E-state index is 11.0. The van der Waals surface area contributed by atoms with Crippen LogP contribution in [0.4, 0.5) is 0 Å². The van der Waals surface area contributed by atoms with Crippen molar-refractivity contribution in [2.24, 2.45) is 28.1 Å². The van der Waals surface area contributed by atoms with E-state index in [1.165, 1.54) is 0 Å². The van der Waals surface area contributed by atoms with Crippen molar-refractivity contribution >= 4 is 0 Å². The highest BCUT2D eigenvalue weighted by atomic mass is 16.3. The predicted octanol–water partition coefficient (Wildman–Crippen LogP) is 3.05. The van der Waals surface area contributed by atoms with Crippen LogP contribution in [-0.2, 0) is 0 Å². The fourth-order valence-electron chi connectivity index (χ4n) is 5.96. The Morgan fingerprint density at radius 2 is 1.83 bits per heavy atom. The third-order valence-electron chi connectivity index (χ3n) is 7.34. The highest BCUT2D eigenvalue weighted by Gasteiger charge is 2.62. The van der Waals surface area contributed by atoms with Gasteiger partial charge in [-0.3, -0.25) is 0 Å². The number of aliphatic hydroxyl groups excluding tert-OH is 3. The van der Waals surface area contributed by atoms with Crippen LogP contribution in [-0.4, -0.2) is 33.6 Å². The molecule has 130 valence electrons. The molecule has 0 aliphatic heterocycles. The van der Waals surface area contributed by atoms with E-state index in [0.717, 1.165) is 18.4 Å². The molecule has 2 saturated carbocycles. The molecule has 0 aromatic heterocycles. The lowest BCUT2D eigenvalue weighted by atomic mass is 9.43. The minimum absolute atomic E-state index is 0.0688. The quantitative estimate of drug-likeness (QED) is 0.651. The zero-order valence-corrected chi connectivity index (χ0v) is 14.9. The largest absolute Gasteiger partial charge is 0.393 e. The van der Waals surface area contributed by atoms with Gasteiger partial charge in [-0.1, -0.05) is 39.8 Å². The van der Waals surface area contributed by atoms with E-state index in [1.54, 1.807) is 0 Å². The molecule has 3 aliphatic carbocycles. The summed E-state index contributed by atoms with van der Waals surface area (Å²) in [5.41, 5.74) is 0.320. The van der Waals surface area contributed by atoms with Gasteiger partial charge < -0.3 is 15.3 Å². The number of aliphatic hydroxyl groups is 3. The summed E-state index contributed by atoms with van der Waals surface area (Å²) in [6.07, 6.45) is 5.47. The van der Waals surface area contributed by atoms with Crippen LogP contribution in [0.25, 0.3) is 0 Å². The molecule has 7 unspecified atom stereocenters. The normalized spacial score (nSPS) is 52.1. The summed E-state index contributed by atoms with van der Waals surface area (Å²) in [6, 6.07) is 0. The lowest BCUT2D eigenvalue weighted by molar-refractivity contribution is -0.178. The topological polar surface area (TPSA) is 60.7 Å². The molecule has 0 amide bonds. The first kappa shape index (κ1) is 17.2. The Balaban J connectivity index is 2.13. The van der Waals surface area contributed by atoms with Crippen LogP contribution in [0.3, 0.4) is 0 Å². The van der Waals surface area contributed by atoms with Gasteiger partial charge in [0.25, 0.3) is 0 Å². The van der Waals surface area contributed by atoms with E-state index in [0.29, 0.717) is 12.8 Å². The van der Waals surface area contributed by atoms with E-state index in [4.69, 9.17) is 0 Å². The van der Waals surface area contributed by atoms with E-state index in [9.17, 15) is 15.3 Å². The Kier molecular flexibility index (Phi) is 3.87. The second-order valence-electron chi connectivity index (χ2n) is 9.32. The summed E-state index contributed by atoms with van der Waals surface area (Å²) >= 11 is 0. The second kappa shape index (κ2) is 5.18. The summed E-state index contributed by atoms with van der Waals surface area (Å²) in [6.45, 7) is 12.6. The van der Waals surface area contributed by atoms with Crippen LogP contribution in [0.2, 0.25) is 0 Å².